The number of aromatic amines is 2. The second-order valence-corrected chi connectivity index (χ2v) is 15.4. The van der Waals surface area contributed by atoms with Gasteiger partial charge in [0.1, 0.15) is 23.7 Å². The maximum atomic E-state index is 13.9. The third kappa shape index (κ3) is 8.17. The molecule has 5 heterocycles. The standard InChI is InChI=1S/C43H51N9O4/c1-26(2)37(47-32-9-6-20-44-23-32)41(53)51-21-7-10-35(51)39-45-24-33(48-39)30-16-12-28(13-17-30)29-14-18-31(19-15-29)34-25-46-40(49-34)36-11-8-22-52(36)42(54)38(27(3)4)50-43(55)56-5/h6,9,12-20,23-27,35-38,47H,7-8,10-11,21-22H2,1-5H3,(H,45,48)(H,46,49)(H,50,55)/t35-,36-,37-,38-/m0/s1. The van der Waals surface area contributed by atoms with Gasteiger partial charge in [-0.05, 0) is 71.9 Å². The summed E-state index contributed by atoms with van der Waals surface area (Å²) in [5.41, 5.74) is 6.78. The minimum absolute atomic E-state index is 0.0752. The van der Waals surface area contributed by atoms with Gasteiger partial charge >= 0.3 is 6.09 Å². The van der Waals surface area contributed by atoms with Crippen LogP contribution in [0.15, 0.2) is 85.5 Å². The molecule has 292 valence electrons. The van der Waals surface area contributed by atoms with Crippen molar-refractivity contribution in [1.29, 1.82) is 0 Å². The van der Waals surface area contributed by atoms with Crippen LogP contribution in [0.3, 0.4) is 0 Å². The molecule has 0 aliphatic carbocycles. The van der Waals surface area contributed by atoms with E-state index in [1.165, 1.54) is 7.11 Å². The molecule has 0 saturated carbocycles. The minimum atomic E-state index is -0.680. The lowest BCUT2D eigenvalue weighted by Gasteiger charge is -2.30. The number of nitrogens with zero attached hydrogens (tertiary/aromatic N) is 5. The first-order valence-electron chi connectivity index (χ1n) is 19.5. The number of hydrogen-bond donors (Lipinski definition) is 4. The molecule has 56 heavy (non-hydrogen) atoms. The number of nitrogens with one attached hydrogen (secondary N) is 4. The molecular formula is C43H51N9O4. The Balaban J connectivity index is 0.997. The molecule has 2 aliphatic rings. The number of likely N-dealkylation sites (tertiary alicyclic amines) is 2. The van der Waals surface area contributed by atoms with Crippen LogP contribution in [-0.2, 0) is 14.3 Å². The van der Waals surface area contributed by atoms with Crippen LogP contribution in [0.1, 0.15) is 77.1 Å². The number of pyridine rings is 1. The number of anilines is 1. The molecule has 2 fully saturated rings. The van der Waals surface area contributed by atoms with Gasteiger partial charge in [-0.15, -0.1) is 0 Å². The number of H-pyrrole nitrogens is 2. The highest BCUT2D eigenvalue weighted by Gasteiger charge is 2.38. The summed E-state index contributed by atoms with van der Waals surface area (Å²) in [5.74, 6) is 1.48. The molecule has 0 unspecified atom stereocenters. The molecule has 13 heteroatoms. The number of benzene rings is 2. The zero-order valence-corrected chi connectivity index (χ0v) is 32.7. The number of carbonyl (C=O) groups is 3. The van der Waals surface area contributed by atoms with Crippen LogP contribution >= 0.6 is 0 Å². The van der Waals surface area contributed by atoms with E-state index in [2.05, 4.69) is 92.9 Å². The zero-order chi connectivity index (χ0) is 39.3. The van der Waals surface area contributed by atoms with Crippen molar-refractivity contribution in [1.82, 2.24) is 40.0 Å². The second-order valence-electron chi connectivity index (χ2n) is 15.4. The molecule has 4 N–H and O–H groups in total. The Morgan fingerprint density at radius 3 is 1.62 bits per heavy atom. The number of aromatic nitrogens is 5. The van der Waals surface area contributed by atoms with Crippen molar-refractivity contribution in [3.8, 4) is 33.6 Å². The summed E-state index contributed by atoms with van der Waals surface area (Å²) in [7, 11) is 1.29. The summed E-state index contributed by atoms with van der Waals surface area (Å²) < 4.78 is 4.76. The molecule has 5 aromatic rings. The first-order chi connectivity index (χ1) is 27.1. The topological polar surface area (TPSA) is 161 Å². The normalized spacial score (nSPS) is 18.0. The number of alkyl carbamates (subject to hydrolysis) is 1. The highest BCUT2D eigenvalue weighted by molar-refractivity contribution is 5.87. The molecule has 2 aliphatic heterocycles. The van der Waals surface area contributed by atoms with Gasteiger partial charge in [0.15, 0.2) is 0 Å². The molecule has 2 saturated heterocycles. The van der Waals surface area contributed by atoms with Crippen LogP contribution < -0.4 is 10.6 Å². The van der Waals surface area contributed by atoms with Crippen molar-refractivity contribution < 1.29 is 19.1 Å². The maximum absolute atomic E-state index is 13.9. The van der Waals surface area contributed by atoms with E-state index < -0.39 is 12.1 Å². The fraction of sp³-hybridized carbons (Fsp3) is 0.395. The summed E-state index contributed by atoms with van der Waals surface area (Å²) in [6, 6.07) is 19.2. The Labute approximate surface area is 327 Å². The summed E-state index contributed by atoms with van der Waals surface area (Å²) in [6.07, 6.45) is 9.95. The molecule has 0 radical (unpaired) electrons. The fourth-order valence-corrected chi connectivity index (χ4v) is 7.82. The SMILES string of the molecule is COC(=O)N[C@H](C(=O)N1CCC[C@H]1c1ncc(-c2ccc(-c3ccc(-c4cnc([C@@H]5CCCN5C(=O)[C@@H](Nc5cccnc5)C(C)C)[nH]4)cc3)cc2)[nH]1)C(C)C. The average molecular weight is 758 g/mol. The van der Waals surface area contributed by atoms with Crippen LogP contribution in [0.2, 0.25) is 0 Å². The van der Waals surface area contributed by atoms with Gasteiger partial charge in [-0.3, -0.25) is 14.6 Å². The number of carbonyl (C=O) groups excluding carboxylic acids is 3. The Hall–Kier alpha value is -5.98. The summed E-state index contributed by atoms with van der Waals surface area (Å²) in [5, 5.41) is 6.10. The molecule has 3 aromatic heterocycles. The smallest absolute Gasteiger partial charge is 0.407 e. The third-order valence-corrected chi connectivity index (χ3v) is 10.9. The predicted octanol–water partition coefficient (Wildman–Crippen LogP) is 7.37. The molecule has 7 rings (SSSR count). The lowest BCUT2D eigenvalue weighted by Crippen LogP contribution is -2.51. The van der Waals surface area contributed by atoms with Crippen LogP contribution in [0, 0.1) is 11.8 Å². The van der Waals surface area contributed by atoms with Gasteiger partial charge in [-0.2, -0.15) is 0 Å². The first-order valence-corrected chi connectivity index (χ1v) is 19.5. The van der Waals surface area contributed by atoms with E-state index in [0.29, 0.717) is 13.1 Å². The Morgan fingerprint density at radius 2 is 1.18 bits per heavy atom. The largest absolute Gasteiger partial charge is 0.453 e. The minimum Gasteiger partial charge on any atom is -0.453 e. The number of amides is 3. The van der Waals surface area contributed by atoms with Crippen molar-refractivity contribution in [3.05, 3.63) is 97.1 Å². The maximum Gasteiger partial charge on any atom is 0.407 e. The van der Waals surface area contributed by atoms with Crippen LogP contribution in [0.25, 0.3) is 33.6 Å². The Bertz CT molecular complexity index is 2110. The van der Waals surface area contributed by atoms with E-state index in [0.717, 1.165) is 76.7 Å². The molecular weight excluding hydrogens is 707 g/mol. The fourth-order valence-electron chi connectivity index (χ4n) is 7.82. The molecule has 3 amide bonds. The number of methoxy groups -OCH3 is 1. The zero-order valence-electron chi connectivity index (χ0n) is 32.7. The van der Waals surface area contributed by atoms with Crippen LogP contribution in [0.4, 0.5) is 10.5 Å². The molecule has 13 nitrogen and oxygen atoms in total. The highest BCUT2D eigenvalue weighted by atomic mass is 16.5. The van der Waals surface area contributed by atoms with E-state index in [4.69, 9.17) is 9.72 Å². The number of hydrogen-bond acceptors (Lipinski definition) is 8. The molecule has 2 aromatic carbocycles. The summed E-state index contributed by atoms with van der Waals surface area (Å²) in [4.78, 5) is 63.7. The Kier molecular flexibility index (Phi) is 11.5. The number of rotatable bonds is 12. The van der Waals surface area contributed by atoms with Gasteiger partial charge in [0.2, 0.25) is 11.8 Å². The number of ether oxygens (including phenoxy) is 1. The average Bonchev–Trinajstić information content (AvgIpc) is 4.06. The summed E-state index contributed by atoms with van der Waals surface area (Å²) >= 11 is 0. The van der Waals surface area contributed by atoms with Crippen molar-refractivity contribution in [2.24, 2.45) is 11.8 Å². The van der Waals surface area contributed by atoms with Gasteiger partial charge in [-0.1, -0.05) is 76.2 Å². The van der Waals surface area contributed by atoms with Crippen molar-refractivity contribution >= 4 is 23.6 Å². The van der Waals surface area contributed by atoms with E-state index in [1.54, 1.807) is 12.4 Å². The van der Waals surface area contributed by atoms with Gasteiger partial charge < -0.3 is 35.1 Å². The van der Waals surface area contributed by atoms with Gasteiger partial charge in [0.05, 0.1) is 48.7 Å². The second kappa shape index (κ2) is 16.8. The van der Waals surface area contributed by atoms with Crippen molar-refractivity contribution in [2.45, 2.75) is 77.5 Å². The van der Waals surface area contributed by atoms with Crippen LogP contribution in [0.5, 0.6) is 0 Å². The van der Waals surface area contributed by atoms with E-state index in [1.807, 2.05) is 48.2 Å². The van der Waals surface area contributed by atoms with Crippen LogP contribution in [-0.4, -0.2) is 84.9 Å². The lowest BCUT2D eigenvalue weighted by atomic mass is 10.0. The lowest BCUT2D eigenvalue weighted by molar-refractivity contribution is -0.135. The summed E-state index contributed by atoms with van der Waals surface area (Å²) in [6.45, 7) is 9.23. The first kappa shape index (κ1) is 38.3. The number of imidazole rings is 2. The van der Waals surface area contributed by atoms with E-state index in [9.17, 15) is 14.4 Å². The molecule has 0 bridgehead atoms. The predicted molar refractivity (Wildman–Crippen MR) is 215 cm³/mol. The van der Waals surface area contributed by atoms with Crippen molar-refractivity contribution in [3.63, 3.8) is 0 Å². The molecule has 0 spiro atoms. The third-order valence-electron chi connectivity index (χ3n) is 10.9. The molecule has 4 atom stereocenters. The highest BCUT2D eigenvalue weighted by Crippen LogP contribution is 2.35. The van der Waals surface area contributed by atoms with Gasteiger partial charge in [-0.25, -0.2) is 14.8 Å². The van der Waals surface area contributed by atoms with Crippen molar-refractivity contribution in [2.75, 3.05) is 25.5 Å². The quantitative estimate of drug-likeness (QED) is 0.103. The van der Waals surface area contributed by atoms with Gasteiger partial charge in [0.25, 0.3) is 0 Å². The van der Waals surface area contributed by atoms with E-state index in [-0.39, 0.29) is 41.8 Å². The monoisotopic (exact) mass is 757 g/mol. The van der Waals surface area contributed by atoms with Gasteiger partial charge in [0, 0.05) is 25.5 Å². The Morgan fingerprint density at radius 1 is 0.696 bits per heavy atom. The van der Waals surface area contributed by atoms with E-state index >= 15 is 0 Å².